The van der Waals surface area contributed by atoms with Crippen LogP contribution in [-0.2, 0) is 13.0 Å². The molecule has 1 aromatic carbocycles. The molecule has 1 aliphatic rings. The molecule has 25 heavy (non-hydrogen) atoms. The first-order valence-electron chi connectivity index (χ1n) is 8.06. The lowest BCUT2D eigenvalue weighted by molar-refractivity contribution is 0.354. The van der Waals surface area contributed by atoms with Crippen molar-refractivity contribution in [2.24, 2.45) is 0 Å². The number of nitrogens with zero attached hydrogens (tertiary/aromatic N) is 3. The molecule has 128 valence electrons. The number of imidazole rings is 1. The average Bonchev–Trinajstić information content (AvgIpc) is 2.98. The topological polar surface area (TPSA) is 49.2 Å². The molecule has 0 N–H and O–H groups in total. The van der Waals surface area contributed by atoms with Gasteiger partial charge in [0.2, 0.25) is 0 Å². The number of pyridine rings is 1. The van der Waals surface area contributed by atoms with Crippen LogP contribution in [0.2, 0.25) is 5.15 Å². The molecule has 0 atom stereocenters. The van der Waals surface area contributed by atoms with Gasteiger partial charge in [0.1, 0.15) is 11.0 Å². The maximum Gasteiger partial charge on any atom is 0.161 e. The number of fused-ring (bicyclic) bond motifs is 3. The first-order chi connectivity index (χ1) is 12.1. The van der Waals surface area contributed by atoms with Crippen molar-refractivity contribution in [3.05, 3.63) is 47.0 Å². The van der Waals surface area contributed by atoms with Crippen LogP contribution in [0.25, 0.3) is 22.5 Å². The summed E-state index contributed by atoms with van der Waals surface area (Å²) in [5, 5.41) is 0.473. The van der Waals surface area contributed by atoms with Crippen LogP contribution in [0.1, 0.15) is 11.4 Å². The zero-order valence-corrected chi connectivity index (χ0v) is 15.1. The van der Waals surface area contributed by atoms with Crippen molar-refractivity contribution < 1.29 is 9.47 Å². The number of hydrogen-bond donors (Lipinski definition) is 0. The zero-order chi connectivity index (χ0) is 17.6. The lowest BCUT2D eigenvalue weighted by Gasteiger charge is -2.22. The molecule has 0 unspecified atom stereocenters. The second-order valence-corrected chi connectivity index (χ2v) is 6.38. The summed E-state index contributed by atoms with van der Waals surface area (Å²) in [5.41, 5.74) is 5.30. The monoisotopic (exact) mass is 355 g/mol. The number of hydrogen-bond acceptors (Lipinski definition) is 4. The molecular weight excluding hydrogens is 338 g/mol. The highest BCUT2D eigenvalue weighted by Crippen LogP contribution is 2.42. The van der Waals surface area contributed by atoms with Crippen molar-refractivity contribution in [3.63, 3.8) is 0 Å². The Morgan fingerprint density at radius 3 is 2.56 bits per heavy atom. The number of aryl methyl sites for hydroxylation is 2. The molecule has 0 amide bonds. The van der Waals surface area contributed by atoms with Gasteiger partial charge in [0, 0.05) is 23.9 Å². The minimum Gasteiger partial charge on any atom is -0.493 e. The van der Waals surface area contributed by atoms with E-state index in [0.717, 1.165) is 47.1 Å². The number of rotatable bonds is 3. The van der Waals surface area contributed by atoms with Gasteiger partial charge in [-0.2, -0.15) is 0 Å². The largest absolute Gasteiger partial charge is 0.493 e. The fourth-order valence-electron chi connectivity index (χ4n) is 3.41. The third kappa shape index (κ3) is 2.55. The van der Waals surface area contributed by atoms with Crippen molar-refractivity contribution in [1.29, 1.82) is 0 Å². The lowest BCUT2D eigenvalue weighted by atomic mass is 9.95. The quantitative estimate of drug-likeness (QED) is 0.662. The van der Waals surface area contributed by atoms with E-state index in [1.54, 1.807) is 26.5 Å². The Balaban J connectivity index is 1.96. The summed E-state index contributed by atoms with van der Waals surface area (Å²) >= 11 is 5.93. The molecule has 0 bridgehead atoms. The van der Waals surface area contributed by atoms with Gasteiger partial charge in [0.05, 0.1) is 25.6 Å². The van der Waals surface area contributed by atoms with Crippen molar-refractivity contribution in [3.8, 4) is 34.0 Å². The second-order valence-electron chi connectivity index (χ2n) is 5.99. The zero-order valence-electron chi connectivity index (χ0n) is 14.3. The van der Waals surface area contributed by atoms with Crippen LogP contribution in [0.15, 0.2) is 30.5 Å². The van der Waals surface area contributed by atoms with Gasteiger partial charge in [0.25, 0.3) is 0 Å². The van der Waals surface area contributed by atoms with Crippen molar-refractivity contribution >= 4 is 11.6 Å². The average molecular weight is 356 g/mol. The van der Waals surface area contributed by atoms with Crippen molar-refractivity contribution in [2.45, 2.75) is 19.9 Å². The van der Waals surface area contributed by atoms with Crippen LogP contribution < -0.4 is 9.47 Å². The number of benzene rings is 1. The minimum atomic E-state index is 0.473. The molecule has 3 heterocycles. The molecule has 0 spiro atoms. The van der Waals surface area contributed by atoms with E-state index in [4.69, 9.17) is 26.1 Å². The Morgan fingerprint density at radius 2 is 1.88 bits per heavy atom. The Hall–Kier alpha value is -2.53. The summed E-state index contributed by atoms with van der Waals surface area (Å²) < 4.78 is 13.2. The van der Waals surface area contributed by atoms with Gasteiger partial charge >= 0.3 is 0 Å². The van der Waals surface area contributed by atoms with E-state index >= 15 is 0 Å². The van der Waals surface area contributed by atoms with E-state index in [1.807, 2.05) is 19.1 Å². The fraction of sp³-hybridized carbons (Fsp3) is 0.263. The second kappa shape index (κ2) is 6.08. The number of halogens is 1. The van der Waals surface area contributed by atoms with Crippen LogP contribution >= 0.6 is 11.6 Å². The van der Waals surface area contributed by atoms with Gasteiger partial charge in [-0.15, -0.1) is 0 Å². The predicted molar refractivity (Wildman–Crippen MR) is 97.4 cm³/mol. The maximum absolute atomic E-state index is 5.93. The molecule has 5 nitrogen and oxygen atoms in total. The molecule has 0 fully saturated rings. The Bertz CT molecular complexity index is 948. The van der Waals surface area contributed by atoms with Gasteiger partial charge in [-0.05, 0) is 43.2 Å². The summed E-state index contributed by atoms with van der Waals surface area (Å²) in [6.07, 6.45) is 2.69. The molecule has 0 radical (unpaired) electrons. The molecule has 4 rings (SSSR count). The fourth-order valence-corrected chi connectivity index (χ4v) is 3.52. The van der Waals surface area contributed by atoms with Gasteiger partial charge in [0.15, 0.2) is 11.5 Å². The SMILES string of the molecule is COc1cc2c(cc1OC)-c1c(-c3ccc(Cl)nc3)nc(C)n1CC2. The highest BCUT2D eigenvalue weighted by atomic mass is 35.5. The first kappa shape index (κ1) is 16.0. The minimum absolute atomic E-state index is 0.473. The molecule has 0 saturated carbocycles. The first-order valence-corrected chi connectivity index (χ1v) is 8.44. The lowest BCUT2D eigenvalue weighted by Crippen LogP contribution is -2.12. The molecular formula is C19H18ClN3O2. The van der Waals surface area contributed by atoms with E-state index < -0.39 is 0 Å². The normalized spacial score (nSPS) is 12.5. The van der Waals surface area contributed by atoms with E-state index in [2.05, 4.69) is 15.6 Å². The smallest absolute Gasteiger partial charge is 0.161 e. The summed E-state index contributed by atoms with van der Waals surface area (Å²) in [6, 6.07) is 7.83. The predicted octanol–water partition coefficient (Wildman–Crippen LogP) is 4.15. The molecule has 0 aliphatic carbocycles. The Kier molecular flexibility index (Phi) is 3.88. The van der Waals surface area contributed by atoms with Crippen LogP contribution in [0.4, 0.5) is 0 Å². The van der Waals surface area contributed by atoms with Gasteiger partial charge in [-0.3, -0.25) is 0 Å². The molecule has 2 aromatic heterocycles. The third-order valence-corrected chi connectivity index (χ3v) is 4.85. The van der Waals surface area contributed by atoms with Gasteiger partial charge in [-0.1, -0.05) is 11.6 Å². The van der Waals surface area contributed by atoms with Crippen LogP contribution in [-0.4, -0.2) is 28.8 Å². The van der Waals surface area contributed by atoms with Crippen LogP contribution in [0, 0.1) is 6.92 Å². The summed E-state index contributed by atoms with van der Waals surface area (Å²) in [4.78, 5) is 9.00. The van der Waals surface area contributed by atoms with Crippen LogP contribution in [0.3, 0.4) is 0 Å². The highest BCUT2D eigenvalue weighted by molar-refractivity contribution is 6.29. The van der Waals surface area contributed by atoms with E-state index in [9.17, 15) is 0 Å². The Morgan fingerprint density at radius 1 is 1.12 bits per heavy atom. The number of aromatic nitrogens is 3. The van der Waals surface area contributed by atoms with E-state index in [0.29, 0.717) is 10.9 Å². The van der Waals surface area contributed by atoms with Crippen molar-refractivity contribution in [1.82, 2.24) is 14.5 Å². The van der Waals surface area contributed by atoms with E-state index in [-0.39, 0.29) is 0 Å². The van der Waals surface area contributed by atoms with Crippen LogP contribution in [0.5, 0.6) is 11.5 Å². The number of ether oxygens (including phenoxy) is 2. The summed E-state index contributed by atoms with van der Waals surface area (Å²) in [6.45, 7) is 2.92. The van der Waals surface area contributed by atoms with Crippen molar-refractivity contribution in [2.75, 3.05) is 14.2 Å². The highest BCUT2D eigenvalue weighted by Gasteiger charge is 2.26. The summed E-state index contributed by atoms with van der Waals surface area (Å²) in [7, 11) is 3.31. The molecule has 0 saturated heterocycles. The Labute approximate surface area is 151 Å². The van der Waals surface area contributed by atoms with Gasteiger partial charge in [-0.25, -0.2) is 9.97 Å². The molecule has 3 aromatic rings. The molecule has 6 heteroatoms. The van der Waals surface area contributed by atoms with Gasteiger partial charge < -0.3 is 14.0 Å². The number of methoxy groups -OCH3 is 2. The third-order valence-electron chi connectivity index (χ3n) is 4.63. The standard InChI is InChI=1S/C19H18ClN3O2/c1-11-22-18(13-4-5-17(20)21-10-13)19-14-9-16(25-3)15(24-2)8-12(14)6-7-23(11)19/h4-5,8-10H,6-7H2,1-3H3. The molecule has 1 aliphatic heterocycles. The maximum atomic E-state index is 5.93. The summed E-state index contributed by atoms with van der Waals surface area (Å²) in [5.74, 6) is 2.45. The van der Waals surface area contributed by atoms with E-state index in [1.165, 1.54) is 5.56 Å².